The molecule has 1 saturated carbocycles. The lowest BCUT2D eigenvalue weighted by atomic mass is 9.34. The molecule has 0 radical (unpaired) electrons. The van der Waals surface area contributed by atoms with Crippen molar-refractivity contribution in [3.05, 3.63) is 95.3 Å². The van der Waals surface area contributed by atoms with Gasteiger partial charge in [-0.2, -0.15) is 0 Å². The van der Waals surface area contributed by atoms with Gasteiger partial charge in [0.2, 0.25) is 0 Å². The van der Waals surface area contributed by atoms with Crippen LogP contribution in [0.5, 0.6) is 0 Å². The van der Waals surface area contributed by atoms with Gasteiger partial charge in [0.1, 0.15) is 0 Å². The number of aliphatic hydroxyl groups excluding tert-OH is 2. The molecule has 2 aliphatic heterocycles. The first kappa shape index (κ1) is 26.0. The van der Waals surface area contributed by atoms with Gasteiger partial charge >= 0.3 is 11.9 Å². The second-order valence-corrected chi connectivity index (χ2v) is 10.5. The molecule has 2 aromatic carbocycles. The van der Waals surface area contributed by atoms with E-state index in [0.29, 0.717) is 11.1 Å². The Balaban J connectivity index is 1.82. The monoisotopic (exact) mass is 518 g/mol. The van der Waals surface area contributed by atoms with Crippen LogP contribution in [0.2, 0.25) is 0 Å². The van der Waals surface area contributed by atoms with Gasteiger partial charge < -0.3 is 29.5 Å². The Kier molecular flexibility index (Phi) is 6.57. The van der Waals surface area contributed by atoms with Gasteiger partial charge in [0.25, 0.3) is 0 Å². The molecular formula is C30H34N2O6. The topological polar surface area (TPSA) is 99.5 Å². The summed E-state index contributed by atoms with van der Waals surface area (Å²) in [6.45, 7) is -0.509. The highest BCUT2D eigenvalue weighted by atomic mass is 16.5. The van der Waals surface area contributed by atoms with Gasteiger partial charge in [-0.3, -0.25) is 0 Å². The minimum absolute atomic E-state index is 0.254. The molecule has 0 aromatic heterocycles. The van der Waals surface area contributed by atoms with E-state index in [4.69, 9.17) is 9.47 Å². The summed E-state index contributed by atoms with van der Waals surface area (Å²) in [6, 6.07) is 18.4. The molecule has 200 valence electrons. The highest BCUT2D eigenvalue weighted by molar-refractivity contribution is 5.92. The van der Waals surface area contributed by atoms with Crippen LogP contribution in [0.3, 0.4) is 0 Å². The fraction of sp³-hybridized carbons (Fsp3) is 0.400. The molecule has 0 bridgehead atoms. The maximum atomic E-state index is 13.2. The molecule has 4 unspecified atom stereocenters. The summed E-state index contributed by atoms with van der Waals surface area (Å²) in [4.78, 5) is 30.1. The number of methoxy groups -OCH3 is 2. The van der Waals surface area contributed by atoms with Crippen LogP contribution in [0.25, 0.3) is 0 Å². The Hall–Kier alpha value is -3.62. The second-order valence-electron chi connectivity index (χ2n) is 10.5. The zero-order valence-electron chi connectivity index (χ0n) is 22.1. The molecule has 1 fully saturated rings. The number of esters is 2. The number of aliphatic hydroxyl groups is 2. The maximum absolute atomic E-state index is 13.2. The van der Waals surface area contributed by atoms with Crippen LogP contribution in [0.15, 0.2) is 84.2 Å². The van der Waals surface area contributed by atoms with Crippen LogP contribution < -0.4 is 0 Å². The minimum atomic E-state index is -0.906. The van der Waals surface area contributed by atoms with Crippen LogP contribution in [0.1, 0.15) is 23.0 Å². The summed E-state index contributed by atoms with van der Waals surface area (Å²) < 4.78 is 10.4. The van der Waals surface area contributed by atoms with E-state index < -0.39 is 46.7 Å². The van der Waals surface area contributed by atoms with E-state index in [1.165, 1.54) is 14.2 Å². The molecule has 3 aliphatic rings. The van der Waals surface area contributed by atoms with E-state index >= 15 is 0 Å². The van der Waals surface area contributed by atoms with Crippen molar-refractivity contribution < 1.29 is 29.3 Å². The number of nitrogens with zero attached hydrogens (tertiary/aromatic N) is 2. The van der Waals surface area contributed by atoms with Crippen molar-refractivity contribution in [1.29, 1.82) is 0 Å². The van der Waals surface area contributed by atoms with Gasteiger partial charge in [-0.25, -0.2) is 9.59 Å². The Morgan fingerprint density at radius 1 is 0.711 bits per heavy atom. The van der Waals surface area contributed by atoms with Crippen molar-refractivity contribution in [1.82, 2.24) is 9.80 Å². The molecular weight excluding hydrogens is 484 g/mol. The normalized spacial score (nSPS) is 31.7. The highest BCUT2D eigenvalue weighted by Gasteiger charge is 2.80. The molecule has 38 heavy (non-hydrogen) atoms. The first-order valence-corrected chi connectivity index (χ1v) is 12.7. The number of benzene rings is 2. The molecule has 8 heteroatoms. The van der Waals surface area contributed by atoms with Crippen LogP contribution in [0.4, 0.5) is 0 Å². The smallest absolute Gasteiger partial charge is 0.335 e. The zero-order chi connectivity index (χ0) is 27.2. The third-order valence-electron chi connectivity index (χ3n) is 8.89. The van der Waals surface area contributed by atoms with Gasteiger partial charge in [-0.1, -0.05) is 60.7 Å². The lowest BCUT2D eigenvalue weighted by molar-refractivity contribution is -0.254. The van der Waals surface area contributed by atoms with Crippen LogP contribution in [-0.4, -0.2) is 85.6 Å². The summed E-state index contributed by atoms with van der Waals surface area (Å²) in [5, 5.41) is 22.6. The number of rotatable bonds is 6. The van der Waals surface area contributed by atoms with Crippen molar-refractivity contribution in [3.8, 4) is 0 Å². The van der Waals surface area contributed by atoms with Crippen molar-refractivity contribution >= 4 is 11.9 Å². The quantitative estimate of drug-likeness (QED) is 0.562. The standard InChI is InChI=1S/C30H34N2O6/c1-31-15-21(25(35)37-3)23(19-11-7-5-8-12-19)29(17-33)27(31)30(18-34)24(20-13-9-6-10-14-20)22(26(36)38-4)16-32(2)28(29)30/h5-16,23-24,27-28,33-34H,17-18H2,1-4H3/t23-,24+,27?,28?,29?,30?. The minimum Gasteiger partial charge on any atom is -0.466 e. The molecule has 5 rings (SSSR count). The SMILES string of the molecule is COC(=O)C1=CN(C)C2C(CO)(C3N(C)C=C(C(=O)OC)[C@@H](c4ccccc4)C23CO)[C@H]1c1ccccc1. The number of carbonyl (C=O) groups is 2. The highest BCUT2D eigenvalue weighted by Crippen LogP contribution is 2.73. The fourth-order valence-corrected chi connectivity index (χ4v) is 8.04. The third kappa shape index (κ3) is 3.29. The van der Waals surface area contributed by atoms with Crippen LogP contribution >= 0.6 is 0 Å². The van der Waals surface area contributed by atoms with Crippen molar-refractivity contribution in [3.63, 3.8) is 0 Å². The molecule has 8 nitrogen and oxygen atoms in total. The van der Waals surface area contributed by atoms with E-state index in [0.717, 1.165) is 11.1 Å². The Morgan fingerprint density at radius 2 is 1.05 bits per heavy atom. The van der Waals surface area contributed by atoms with Gasteiger partial charge in [0.15, 0.2) is 0 Å². The average Bonchev–Trinajstić information content (AvgIpc) is 2.94. The predicted octanol–water partition coefficient (Wildman–Crippen LogP) is 2.27. The molecule has 2 heterocycles. The summed E-state index contributed by atoms with van der Waals surface area (Å²) in [7, 11) is 6.41. The molecule has 6 atom stereocenters. The molecule has 2 aromatic rings. The van der Waals surface area contributed by atoms with Crippen molar-refractivity contribution in [2.45, 2.75) is 23.9 Å². The zero-order valence-corrected chi connectivity index (χ0v) is 22.1. The van der Waals surface area contributed by atoms with E-state index in [1.807, 2.05) is 84.6 Å². The summed E-state index contributed by atoms with van der Waals surface area (Å²) in [6.07, 6.45) is 3.54. The van der Waals surface area contributed by atoms with Crippen molar-refractivity contribution in [2.75, 3.05) is 41.5 Å². The first-order valence-electron chi connectivity index (χ1n) is 12.7. The first-order chi connectivity index (χ1) is 18.3. The van der Waals surface area contributed by atoms with Gasteiger partial charge in [0, 0.05) is 61.2 Å². The number of fused-ring (bicyclic) bond motifs is 4. The van der Waals surface area contributed by atoms with E-state index in [1.54, 1.807) is 12.4 Å². The largest absolute Gasteiger partial charge is 0.466 e. The number of carbonyl (C=O) groups excluding carboxylic acids is 2. The van der Waals surface area contributed by atoms with Crippen molar-refractivity contribution in [2.24, 2.45) is 10.8 Å². The third-order valence-corrected chi connectivity index (χ3v) is 8.89. The van der Waals surface area contributed by atoms with E-state index in [9.17, 15) is 19.8 Å². The predicted molar refractivity (Wildman–Crippen MR) is 141 cm³/mol. The second kappa shape index (κ2) is 9.60. The van der Waals surface area contributed by atoms with E-state index in [-0.39, 0.29) is 13.2 Å². The van der Waals surface area contributed by atoms with Crippen LogP contribution in [0, 0.1) is 10.8 Å². The molecule has 2 N–H and O–H groups in total. The Labute approximate surface area is 222 Å². The lowest BCUT2D eigenvalue weighted by Crippen LogP contribution is -2.86. The van der Waals surface area contributed by atoms with Gasteiger partial charge in [-0.15, -0.1) is 0 Å². The van der Waals surface area contributed by atoms with Gasteiger partial charge in [-0.05, 0) is 11.1 Å². The Morgan fingerprint density at radius 3 is 1.34 bits per heavy atom. The fourth-order valence-electron chi connectivity index (χ4n) is 8.04. The molecule has 0 spiro atoms. The molecule has 0 saturated heterocycles. The molecule has 1 aliphatic carbocycles. The van der Waals surface area contributed by atoms with Crippen LogP contribution in [-0.2, 0) is 19.1 Å². The number of hydrogen-bond acceptors (Lipinski definition) is 8. The average molecular weight is 519 g/mol. The van der Waals surface area contributed by atoms with Gasteiger partial charge in [0.05, 0.1) is 38.6 Å². The van der Waals surface area contributed by atoms with E-state index in [2.05, 4.69) is 0 Å². The maximum Gasteiger partial charge on any atom is 0.335 e. The molecule has 0 amide bonds. The summed E-state index contributed by atoms with van der Waals surface area (Å²) in [5.74, 6) is -1.97. The number of hydrogen-bond donors (Lipinski definition) is 2. The summed E-state index contributed by atoms with van der Waals surface area (Å²) in [5.41, 5.74) is 0.801. The number of ether oxygens (including phenoxy) is 2. The summed E-state index contributed by atoms with van der Waals surface area (Å²) >= 11 is 0. The lowest BCUT2D eigenvalue weighted by Gasteiger charge is -2.77. The Bertz CT molecular complexity index is 1170.